The molecule has 102 valence electrons. The van der Waals surface area contributed by atoms with Crippen molar-refractivity contribution in [3.8, 4) is 0 Å². The summed E-state index contributed by atoms with van der Waals surface area (Å²) >= 11 is 0. The zero-order valence-electron chi connectivity index (χ0n) is 11.0. The number of likely N-dealkylation sites (N-methyl/N-ethyl adjacent to an activating group) is 1. The van der Waals surface area contributed by atoms with E-state index >= 15 is 0 Å². The monoisotopic (exact) mass is 278 g/mol. The number of nitrogens with zero attached hydrogens (tertiary/aromatic N) is 2. The van der Waals surface area contributed by atoms with E-state index in [2.05, 4.69) is 4.90 Å². The maximum Gasteiger partial charge on any atom is 0.497 e. The first-order valence-electron chi connectivity index (χ1n) is 6.55. The minimum Gasteiger partial charge on any atom is -0.374 e. The smallest absolute Gasteiger partial charge is 0.374 e. The van der Waals surface area contributed by atoms with Gasteiger partial charge in [-0.25, -0.2) is 0 Å². The molecule has 3 fully saturated rings. The van der Waals surface area contributed by atoms with Crippen LogP contribution < -0.4 is 5.19 Å². The molecule has 3 heterocycles. The maximum atomic E-state index is 12.3. The quantitative estimate of drug-likeness (QED) is 0.659. The Labute approximate surface area is 114 Å². The lowest BCUT2D eigenvalue weighted by Gasteiger charge is -2.43. The fraction of sp³-hybridized carbons (Fsp3) is 0.462. The Balaban J connectivity index is 2.05. The average molecular weight is 278 g/mol. The largest absolute Gasteiger partial charge is 0.497 e. The van der Waals surface area contributed by atoms with E-state index in [4.69, 9.17) is 8.85 Å². The first-order valence-corrected chi connectivity index (χ1v) is 8.31. The molecule has 1 aromatic rings. The fourth-order valence-corrected chi connectivity index (χ4v) is 5.54. The molecule has 1 aromatic carbocycles. The van der Waals surface area contributed by atoms with Crippen LogP contribution in [0.1, 0.15) is 0 Å². The summed E-state index contributed by atoms with van der Waals surface area (Å²) in [5.41, 5.74) is 0. The SMILES string of the molecule is CN1C(=O)CN2CCO[Si]1(c1ccccc1)OCC2. The fourth-order valence-electron chi connectivity index (χ4n) is 2.60. The average Bonchev–Trinajstić information content (AvgIpc) is 2.40. The minimum absolute atomic E-state index is 0.0786. The highest BCUT2D eigenvalue weighted by atomic mass is 28.4. The molecule has 0 radical (unpaired) electrons. The maximum absolute atomic E-state index is 12.3. The van der Waals surface area contributed by atoms with Crippen molar-refractivity contribution in [2.75, 3.05) is 39.9 Å². The predicted molar refractivity (Wildman–Crippen MR) is 72.9 cm³/mol. The van der Waals surface area contributed by atoms with Gasteiger partial charge in [-0.2, -0.15) is 0 Å². The van der Waals surface area contributed by atoms with Crippen molar-refractivity contribution in [1.82, 2.24) is 9.47 Å². The molecule has 2 bridgehead atoms. The zero-order valence-corrected chi connectivity index (χ0v) is 12.0. The van der Waals surface area contributed by atoms with Gasteiger partial charge in [-0.15, -0.1) is 0 Å². The number of carbonyl (C=O) groups is 1. The molecule has 0 aliphatic carbocycles. The summed E-state index contributed by atoms with van der Waals surface area (Å²) < 4.78 is 13.9. The Morgan fingerprint density at radius 1 is 1.11 bits per heavy atom. The van der Waals surface area contributed by atoms with Gasteiger partial charge in [0, 0.05) is 25.3 Å². The van der Waals surface area contributed by atoms with E-state index in [1.54, 1.807) is 11.6 Å². The third-order valence-electron chi connectivity index (χ3n) is 3.72. The number of amides is 1. The van der Waals surface area contributed by atoms with Gasteiger partial charge in [0.15, 0.2) is 0 Å². The molecular formula is C13H18N2O3Si. The van der Waals surface area contributed by atoms with Gasteiger partial charge in [0.05, 0.1) is 19.8 Å². The summed E-state index contributed by atoms with van der Waals surface area (Å²) in [5, 5.41) is 1.00. The first-order chi connectivity index (χ1) is 9.22. The Bertz CT molecular complexity index is 458. The highest BCUT2D eigenvalue weighted by Gasteiger charge is 2.50. The van der Waals surface area contributed by atoms with Crippen molar-refractivity contribution in [3.63, 3.8) is 0 Å². The van der Waals surface area contributed by atoms with Crippen LogP contribution in [0.4, 0.5) is 0 Å². The topological polar surface area (TPSA) is 42.0 Å². The summed E-state index contributed by atoms with van der Waals surface area (Å²) in [6, 6.07) is 9.88. The molecule has 0 N–H and O–H groups in total. The number of carbonyl (C=O) groups excluding carboxylic acids is 1. The van der Waals surface area contributed by atoms with Gasteiger partial charge >= 0.3 is 8.72 Å². The molecule has 19 heavy (non-hydrogen) atoms. The van der Waals surface area contributed by atoms with Crippen LogP contribution in [0.5, 0.6) is 0 Å². The standard InChI is InChI=1S/C13H18N2O3Si/c1-14-13(16)11-15-7-9-17-19(14,18-10-8-15)12-5-3-2-4-6-12/h2-6H,7-11H2,1H3. The van der Waals surface area contributed by atoms with E-state index in [9.17, 15) is 4.79 Å². The molecule has 3 aliphatic heterocycles. The lowest BCUT2D eigenvalue weighted by molar-refractivity contribution is -0.132. The van der Waals surface area contributed by atoms with Gasteiger partial charge < -0.3 is 13.4 Å². The molecule has 5 nitrogen and oxygen atoms in total. The third-order valence-corrected chi connectivity index (χ3v) is 7.11. The molecule has 0 spiro atoms. The molecule has 0 aromatic heterocycles. The highest BCUT2D eigenvalue weighted by Crippen LogP contribution is 2.18. The van der Waals surface area contributed by atoms with E-state index < -0.39 is 8.72 Å². The molecule has 0 unspecified atom stereocenters. The minimum atomic E-state index is -2.81. The van der Waals surface area contributed by atoms with E-state index in [0.717, 1.165) is 18.3 Å². The molecular weight excluding hydrogens is 260 g/mol. The second-order valence-corrected chi connectivity index (χ2v) is 7.86. The van der Waals surface area contributed by atoms with E-state index in [1.165, 1.54) is 0 Å². The first kappa shape index (κ1) is 12.8. The van der Waals surface area contributed by atoms with Gasteiger partial charge in [0.2, 0.25) is 5.91 Å². The Hall–Kier alpha value is -1.21. The zero-order chi connectivity index (χ0) is 13.3. The third kappa shape index (κ3) is 2.21. The Morgan fingerprint density at radius 3 is 2.37 bits per heavy atom. The molecule has 4 rings (SSSR count). The number of rotatable bonds is 1. The van der Waals surface area contributed by atoms with Crippen LogP contribution in [0.2, 0.25) is 0 Å². The van der Waals surface area contributed by atoms with Crippen LogP contribution in [-0.2, 0) is 13.6 Å². The van der Waals surface area contributed by atoms with Gasteiger partial charge in [-0.05, 0) is 0 Å². The lowest BCUT2D eigenvalue weighted by atomic mass is 10.4. The molecule has 3 aliphatic rings. The lowest BCUT2D eigenvalue weighted by Crippen LogP contribution is -2.71. The van der Waals surface area contributed by atoms with Crippen LogP contribution in [0, 0.1) is 0 Å². The van der Waals surface area contributed by atoms with E-state index in [-0.39, 0.29) is 5.91 Å². The molecule has 1 amide bonds. The predicted octanol–water partition coefficient (Wildman–Crippen LogP) is -0.347. The van der Waals surface area contributed by atoms with E-state index in [1.807, 2.05) is 30.3 Å². The van der Waals surface area contributed by atoms with Gasteiger partial charge in [-0.3, -0.25) is 9.69 Å². The van der Waals surface area contributed by atoms with Crippen molar-refractivity contribution < 1.29 is 13.6 Å². The summed E-state index contributed by atoms with van der Waals surface area (Å²) in [7, 11) is -1.01. The molecule has 0 atom stereocenters. The van der Waals surface area contributed by atoms with Crippen molar-refractivity contribution >= 4 is 19.8 Å². The molecule has 3 saturated heterocycles. The van der Waals surface area contributed by atoms with Gasteiger partial charge in [0.25, 0.3) is 0 Å². The van der Waals surface area contributed by atoms with Crippen LogP contribution in [-0.4, -0.2) is 64.0 Å². The normalized spacial score (nSPS) is 31.7. The second-order valence-electron chi connectivity index (χ2n) is 4.87. The van der Waals surface area contributed by atoms with Crippen LogP contribution >= 0.6 is 0 Å². The van der Waals surface area contributed by atoms with Crippen LogP contribution in [0.25, 0.3) is 0 Å². The summed E-state index contributed by atoms with van der Waals surface area (Å²) in [4.78, 5) is 14.4. The van der Waals surface area contributed by atoms with Gasteiger partial charge in [0.1, 0.15) is 0 Å². The summed E-state index contributed by atoms with van der Waals surface area (Å²) in [5.74, 6) is 0.0786. The Morgan fingerprint density at radius 2 is 1.74 bits per heavy atom. The molecule has 0 saturated carbocycles. The number of fused-ring (bicyclic) bond motifs is 6. The number of hydrogen-bond donors (Lipinski definition) is 0. The van der Waals surface area contributed by atoms with Gasteiger partial charge in [-0.1, -0.05) is 30.3 Å². The molecule has 6 heteroatoms. The van der Waals surface area contributed by atoms with Crippen molar-refractivity contribution in [3.05, 3.63) is 30.3 Å². The summed E-state index contributed by atoms with van der Waals surface area (Å²) in [6.07, 6.45) is 0. The van der Waals surface area contributed by atoms with E-state index in [0.29, 0.717) is 19.8 Å². The Kier molecular flexibility index (Phi) is 3.40. The van der Waals surface area contributed by atoms with Crippen molar-refractivity contribution in [2.45, 2.75) is 0 Å². The highest BCUT2D eigenvalue weighted by molar-refractivity contribution is 6.80. The number of benzene rings is 1. The number of hydrogen-bond acceptors (Lipinski definition) is 4. The van der Waals surface area contributed by atoms with Crippen molar-refractivity contribution in [2.24, 2.45) is 0 Å². The van der Waals surface area contributed by atoms with Crippen LogP contribution in [0.3, 0.4) is 0 Å². The summed E-state index contributed by atoms with van der Waals surface area (Å²) in [6.45, 7) is 3.28. The second kappa shape index (κ2) is 5.05. The van der Waals surface area contributed by atoms with Crippen molar-refractivity contribution in [1.29, 1.82) is 0 Å². The van der Waals surface area contributed by atoms with Crippen LogP contribution in [0.15, 0.2) is 30.3 Å².